The van der Waals surface area contributed by atoms with Crippen LogP contribution in [0.3, 0.4) is 0 Å². The molecule has 0 amide bonds. The summed E-state index contributed by atoms with van der Waals surface area (Å²) < 4.78 is 0. The molecule has 21 heavy (non-hydrogen) atoms. The van der Waals surface area contributed by atoms with E-state index in [1.165, 1.54) is 0 Å². The second kappa shape index (κ2) is 8.49. The van der Waals surface area contributed by atoms with Crippen molar-refractivity contribution in [3.8, 4) is 0 Å². The zero-order valence-corrected chi connectivity index (χ0v) is 13.6. The van der Waals surface area contributed by atoms with Crippen molar-refractivity contribution in [1.29, 1.82) is 0 Å². The third-order valence-electron chi connectivity index (χ3n) is 3.50. The third kappa shape index (κ3) is 4.62. The summed E-state index contributed by atoms with van der Waals surface area (Å²) >= 11 is 0. The molecular formula is C16H27N3O2. The molecule has 1 N–H and O–H groups in total. The highest BCUT2D eigenvalue weighted by atomic mass is 16.6. The molecule has 118 valence electrons. The zero-order valence-electron chi connectivity index (χ0n) is 13.6. The Morgan fingerprint density at radius 3 is 2.52 bits per heavy atom. The molecule has 0 fully saturated rings. The van der Waals surface area contributed by atoms with Gasteiger partial charge in [-0.25, -0.2) is 0 Å². The van der Waals surface area contributed by atoms with E-state index >= 15 is 0 Å². The number of hydrogen-bond donors (Lipinski definition) is 1. The largest absolute Gasteiger partial charge is 0.380 e. The molecule has 0 saturated carbocycles. The first kappa shape index (κ1) is 17.3. The summed E-state index contributed by atoms with van der Waals surface area (Å²) in [4.78, 5) is 13.4. The van der Waals surface area contributed by atoms with Gasteiger partial charge in [-0.1, -0.05) is 25.8 Å². The summed E-state index contributed by atoms with van der Waals surface area (Å²) in [7, 11) is 0. The Morgan fingerprint density at radius 1 is 1.29 bits per heavy atom. The number of anilines is 2. The lowest BCUT2D eigenvalue weighted by atomic mass is 10.1. The van der Waals surface area contributed by atoms with E-state index < -0.39 is 0 Å². The maximum Gasteiger partial charge on any atom is 0.315 e. The lowest BCUT2D eigenvalue weighted by Gasteiger charge is -2.29. The van der Waals surface area contributed by atoms with Gasteiger partial charge in [0.1, 0.15) is 11.4 Å². The molecule has 0 heterocycles. The van der Waals surface area contributed by atoms with Gasteiger partial charge in [0.25, 0.3) is 0 Å². The fraction of sp³-hybridized carbons (Fsp3) is 0.625. The van der Waals surface area contributed by atoms with Crippen LogP contribution >= 0.6 is 0 Å². The monoisotopic (exact) mass is 293 g/mol. The Labute approximate surface area is 127 Å². The van der Waals surface area contributed by atoms with Crippen LogP contribution in [0.15, 0.2) is 18.2 Å². The van der Waals surface area contributed by atoms with Crippen LogP contribution in [-0.4, -0.2) is 24.1 Å². The molecule has 1 rings (SSSR count). The molecule has 5 nitrogen and oxygen atoms in total. The van der Waals surface area contributed by atoms with Gasteiger partial charge < -0.3 is 10.2 Å². The number of nitrogens with zero attached hydrogens (tertiary/aromatic N) is 2. The summed E-state index contributed by atoms with van der Waals surface area (Å²) in [6, 6.07) is 5.74. The van der Waals surface area contributed by atoms with Gasteiger partial charge >= 0.3 is 5.69 Å². The van der Waals surface area contributed by atoms with Gasteiger partial charge in [-0.15, -0.1) is 0 Å². The maximum atomic E-state index is 11.5. The molecule has 0 aromatic heterocycles. The van der Waals surface area contributed by atoms with Gasteiger partial charge in [0.05, 0.1) is 4.92 Å². The lowest BCUT2D eigenvalue weighted by molar-refractivity contribution is -0.383. The maximum absolute atomic E-state index is 11.5. The first-order valence-electron chi connectivity index (χ1n) is 7.80. The Balaban J connectivity index is 3.17. The van der Waals surface area contributed by atoms with Crippen LogP contribution < -0.4 is 10.2 Å². The van der Waals surface area contributed by atoms with Crippen molar-refractivity contribution in [2.75, 3.05) is 23.3 Å². The van der Waals surface area contributed by atoms with Crippen LogP contribution in [0.4, 0.5) is 17.1 Å². The Morgan fingerprint density at radius 2 is 2.00 bits per heavy atom. The number of nitrogens with one attached hydrogen (secondary N) is 1. The second-order valence-electron chi connectivity index (χ2n) is 5.45. The van der Waals surface area contributed by atoms with Crippen molar-refractivity contribution < 1.29 is 4.92 Å². The van der Waals surface area contributed by atoms with E-state index in [0.717, 1.165) is 25.8 Å². The van der Waals surface area contributed by atoms with Crippen LogP contribution in [0.1, 0.15) is 47.0 Å². The van der Waals surface area contributed by atoms with Crippen LogP contribution in [0, 0.1) is 10.1 Å². The summed E-state index contributed by atoms with van der Waals surface area (Å²) in [5.41, 5.74) is 1.50. The number of para-hydroxylation sites is 1. The molecule has 0 radical (unpaired) electrons. The van der Waals surface area contributed by atoms with E-state index in [1.807, 2.05) is 19.1 Å². The quantitative estimate of drug-likeness (QED) is 0.415. The van der Waals surface area contributed by atoms with Gasteiger partial charge in [0.2, 0.25) is 0 Å². The minimum absolute atomic E-state index is 0.185. The number of rotatable bonds is 9. The number of benzene rings is 1. The van der Waals surface area contributed by atoms with Crippen molar-refractivity contribution in [2.24, 2.45) is 0 Å². The molecule has 0 aliphatic rings. The van der Waals surface area contributed by atoms with E-state index in [0.29, 0.717) is 17.9 Å². The number of hydrogen-bond acceptors (Lipinski definition) is 4. The van der Waals surface area contributed by atoms with Crippen LogP contribution in [0.5, 0.6) is 0 Å². The van der Waals surface area contributed by atoms with Gasteiger partial charge in [0, 0.05) is 19.1 Å². The smallest absolute Gasteiger partial charge is 0.315 e. The first-order chi connectivity index (χ1) is 10.0. The van der Waals surface area contributed by atoms with Crippen molar-refractivity contribution in [3.05, 3.63) is 28.3 Å². The third-order valence-corrected chi connectivity index (χ3v) is 3.50. The minimum atomic E-state index is -0.275. The predicted octanol–water partition coefficient (Wildman–Crippen LogP) is 4.43. The van der Waals surface area contributed by atoms with E-state index in [-0.39, 0.29) is 16.7 Å². The predicted molar refractivity (Wildman–Crippen MR) is 89.3 cm³/mol. The molecule has 0 atom stereocenters. The number of nitro benzene ring substituents is 1. The molecule has 0 aliphatic heterocycles. The van der Waals surface area contributed by atoms with Crippen LogP contribution in [-0.2, 0) is 0 Å². The van der Waals surface area contributed by atoms with Gasteiger partial charge in [-0.3, -0.25) is 10.1 Å². The molecule has 1 aromatic rings. The number of unbranched alkanes of at least 4 members (excludes halogenated alkanes) is 2. The molecule has 0 bridgehead atoms. The Hall–Kier alpha value is -1.78. The molecular weight excluding hydrogens is 266 g/mol. The average Bonchev–Trinajstić information content (AvgIpc) is 2.43. The highest BCUT2D eigenvalue weighted by Crippen LogP contribution is 2.36. The first-order valence-corrected chi connectivity index (χ1v) is 7.80. The van der Waals surface area contributed by atoms with Gasteiger partial charge in [0.15, 0.2) is 0 Å². The molecule has 0 aliphatic carbocycles. The molecule has 0 unspecified atom stereocenters. The highest BCUT2D eigenvalue weighted by Gasteiger charge is 2.24. The van der Waals surface area contributed by atoms with E-state index in [4.69, 9.17) is 0 Å². The standard InChI is InChI=1S/C16H27N3O2/c1-5-7-8-12-18(13(3)4)15-11-9-10-14(17-6-2)16(15)19(20)21/h9-11,13,17H,5-8,12H2,1-4H3. The average molecular weight is 293 g/mol. The van der Waals surface area contributed by atoms with Crippen LogP contribution in [0.25, 0.3) is 0 Å². The molecule has 0 spiro atoms. The van der Waals surface area contributed by atoms with Gasteiger partial charge in [-0.05, 0) is 39.3 Å². The van der Waals surface area contributed by atoms with Crippen molar-refractivity contribution in [1.82, 2.24) is 0 Å². The molecule has 5 heteroatoms. The Kier molecular flexibility index (Phi) is 6.99. The summed E-state index contributed by atoms with van der Waals surface area (Å²) in [6.45, 7) is 9.78. The molecule has 1 aromatic carbocycles. The highest BCUT2D eigenvalue weighted by molar-refractivity contribution is 5.77. The molecule has 0 saturated heterocycles. The topological polar surface area (TPSA) is 58.4 Å². The summed E-state index contributed by atoms with van der Waals surface area (Å²) in [5, 5.41) is 14.6. The summed E-state index contributed by atoms with van der Waals surface area (Å²) in [5.74, 6) is 0. The lowest BCUT2D eigenvalue weighted by Crippen LogP contribution is -2.32. The number of nitro groups is 1. The van der Waals surface area contributed by atoms with Gasteiger partial charge in [-0.2, -0.15) is 0 Å². The fourth-order valence-electron chi connectivity index (χ4n) is 2.48. The van der Waals surface area contributed by atoms with E-state index in [2.05, 4.69) is 31.0 Å². The summed E-state index contributed by atoms with van der Waals surface area (Å²) in [6.07, 6.45) is 3.34. The van der Waals surface area contributed by atoms with Crippen LogP contribution in [0.2, 0.25) is 0 Å². The zero-order chi connectivity index (χ0) is 15.8. The van der Waals surface area contributed by atoms with Crippen molar-refractivity contribution >= 4 is 17.1 Å². The normalized spacial score (nSPS) is 10.7. The second-order valence-corrected chi connectivity index (χ2v) is 5.45. The minimum Gasteiger partial charge on any atom is -0.380 e. The SMILES string of the molecule is CCCCCN(c1cccc(NCC)c1[N+](=O)[O-])C(C)C. The van der Waals surface area contributed by atoms with Crippen molar-refractivity contribution in [2.45, 2.75) is 53.0 Å². The fourth-order valence-corrected chi connectivity index (χ4v) is 2.48. The Bertz CT molecular complexity index is 461. The van der Waals surface area contributed by atoms with E-state index in [1.54, 1.807) is 6.07 Å². The van der Waals surface area contributed by atoms with Crippen molar-refractivity contribution in [3.63, 3.8) is 0 Å². The van der Waals surface area contributed by atoms with E-state index in [9.17, 15) is 10.1 Å².